The first-order chi connectivity index (χ1) is 22.8. The first-order valence-electron chi connectivity index (χ1n) is 15.6. The van der Waals surface area contributed by atoms with Crippen molar-refractivity contribution in [2.45, 2.75) is 9.79 Å². The molecule has 1 nitrogen and oxygen atoms in total. The van der Waals surface area contributed by atoms with Crippen molar-refractivity contribution in [3.8, 4) is 67.2 Å². The maximum atomic E-state index is 6.47. The van der Waals surface area contributed by atoms with Gasteiger partial charge in [-0.1, -0.05) is 145 Å². The van der Waals surface area contributed by atoms with E-state index in [1.165, 1.54) is 65.1 Å². The van der Waals surface area contributed by atoms with E-state index in [1.807, 2.05) is 11.8 Å². The van der Waals surface area contributed by atoms with E-state index in [9.17, 15) is 0 Å². The molecule has 46 heavy (non-hydrogen) atoms. The van der Waals surface area contributed by atoms with Gasteiger partial charge in [0.2, 0.25) is 0 Å². The van der Waals surface area contributed by atoms with Crippen LogP contribution in [-0.4, -0.2) is 0 Å². The van der Waals surface area contributed by atoms with Crippen molar-refractivity contribution in [3.05, 3.63) is 170 Å². The first kappa shape index (κ1) is 26.8. The van der Waals surface area contributed by atoms with Crippen LogP contribution >= 0.6 is 11.8 Å². The van der Waals surface area contributed by atoms with E-state index in [4.69, 9.17) is 4.42 Å². The monoisotopic (exact) mass is 604 g/mol. The zero-order chi connectivity index (χ0) is 30.5. The molecule has 1 aliphatic rings. The van der Waals surface area contributed by atoms with Gasteiger partial charge in [-0.15, -0.1) is 0 Å². The lowest BCUT2D eigenvalue weighted by atomic mass is 9.91. The van der Waals surface area contributed by atoms with Crippen LogP contribution in [0.15, 0.2) is 184 Å². The number of hydrogen-bond acceptors (Lipinski definition) is 2. The molecule has 0 amide bonds. The Morgan fingerprint density at radius 2 is 0.935 bits per heavy atom. The minimum Gasteiger partial charge on any atom is -0.456 e. The molecule has 0 aliphatic carbocycles. The summed E-state index contributed by atoms with van der Waals surface area (Å²) in [5.74, 6) is 1.74. The van der Waals surface area contributed by atoms with Crippen molar-refractivity contribution in [2.24, 2.45) is 0 Å². The molecule has 0 bridgehead atoms. The second-order valence-corrected chi connectivity index (χ2v) is 12.8. The molecule has 216 valence electrons. The Morgan fingerprint density at radius 1 is 0.326 bits per heavy atom. The number of benzene rings is 7. The predicted octanol–water partition coefficient (Wildman–Crippen LogP) is 12.9. The van der Waals surface area contributed by atoms with Crippen LogP contribution in [0.2, 0.25) is 0 Å². The van der Waals surface area contributed by atoms with Gasteiger partial charge in [0.1, 0.15) is 11.5 Å². The molecule has 2 heteroatoms. The predicted molar refractivity (Wildman–Crippen MR) is 193 cm³/mol. The molecule has 2 heterocycles. The molecule has 0 saturated heterocycles. The van der Waals surface area contributed by atoms with Gasteiger partial charge in [0, 0.05) is 26.3 Å². The minimum absolute atomic E-state index is 0.866. The fraction of sp³-hybridized carbons (Fsp3) is 0. The smallest absolute Gasteiger partial charge is 0.134 e. The summed E-state index contributed by atoms with van der Waals surface area (Å²) in [6.07, 6.45) is 0. The highest BCUT2D eigenvalue weighted by Gasteiger charge is 2.20. The van der Waals surface area contributed by atoms with Crippen LogP contribution in [0.3, 0.4) is 0 Å². The van der Waals surface area contributed by atoms with Crippen molar-refractivity contribution < 1.29 is 4.42 Å². The molecule has 0 fully saturated rings. The maximum absolute atomic E-state index is 6.47. The molecule has 1 aromatic heterocycles. The molecule has 0 N–H and O–H groups in total. The van der Waals surface area contributed by atoms with Crippen LogP contribution < -0.4 is 0 Å². The zero-order valence-corrected chi connectivity index (χ0v) is 25.8. The Balaban J connectivity index is 1.03. The number of rotatable bonds is 5. The number of hydrogen-bond donors (Lipinski definition) is 0. The van der Waals surface area contributed by atoms with E-state index in [-0.39, 0.29) is 0 Å². The van der Waals surface area contributed by atoms with E-state index in [0.717, 1.165) is 22.6 Å². The van der Waals surface area contributed by atoms with Gasteiger partial charge in [-0.2, -0.15) is 0 Å². The Bertz CT molecular complexity index is 2360. The standard InChI is InChI=1S/C44H28OS/c1-3-9-30(10-4-1)36-23-21-34(27-38(36)31-11-5-2-6-12-31)29-17-19-32(20-18-29)40-24-25-41(45-40)35-22-26-42-39(28-35)37-15-7-13-33-14-8-16-43(46-42)44(33)37/h1-28H. The van der Waals surface area contributed by atoms with Crippen LogP contribution in [0.4, 0.5) is 0 Å². The van der Waals surface area contributed by atoms with E-state index in [2.05, 4.69) is 170 Å². The van der Waals surface area contributed by atoms with Gasteiger partial charge < -0.3 is 4.42 Å². The van der Waals surface area contributed by atoms with Crippen LogP contribution in [0, 0.1) is 0 Å². The third kappa shape index (κ3) is 4.67. The lowest BCUT2D eigenvalue weighted by molar-refractivity contribution is 0.597. The molecule has 1 aliphatic heterocycles. The Morgan fingerprint density at radius 3 is 1.70 bits per heavy atom. The fourth-order valence-electron chi connectivity index (χ4n) is 6.64. The van der Waals surface area contributed by atoms with Crippen molar-refractivity contribution in [2.75, 3.05) is 0 Å². The van der Waals surface area contributed by atoms with Gasteiger partial charge in [-0.25, -0.2) is 0 Å². The third-order valence-corrected chi connectivity index (χ3v) is 10.1. The summed E-state index contributed by atoms with van der Waals surface area (Å²) in [5.41, 5.74) is 12.0. The Hall–Kier alpha value is -5.57. The molecule has 9 rings (SSSR count). The highest BCUT2D eigenvalue weighted by Crippen LogP contribution is 2.49. The van der Waals surface area contributed by atoms with Gasteiger partial charge in [0.25, 0.3) is 0 Å². The van der Waals surface area contributed by atoms with E-state index < -0.39 is 0 Å². The molecule has 0 unspecified atom stereocenters. The molecular weight excluding hydrogens is 577 g/mol. The molecule has 0 radical (unpaired) electrons. The Kier molecular flexibility index (Phi) is 6.47. The van der Waals surface area contributed by atoms with Gasteiger partial charge in [-0.05, 0) is 86.3 Å². The number of furan rings is 1. The van der Waals surface area contributed by atoms with E-state index >= 15 is 0 Å². The summed E-state index contributed by atoms with van der Waals surface area (Å²) in [5, 5.41) is 2.62. The SMILES string of the molecule is c1ccc(-c2ccc(-c3ccc(-c4ccc(-c5ccc6c(c5)-c5cccc7cccc(c57)S6)o4)cc3)cc2-c2ccccc2)cc1. The summed E-state index contributed by atoms with van der Waals surface area (Å²) >= 11 is 1.85. The van der Waals surface area contributed by atoms with Gasteiger partial charge in [-0.3, -0.25) is 0 Å². The van der Waals surface area contributed by atoms with Crippen LogP contribution in [0.5, 0.6) is 0 Å². The first-order valence-corrected chi connectivity index (χ1v) is 16.4. The molecule has 0 atom stereocenters. The van der Waals surface area contributed by atoms with Crippen molar-refractivity contribution >= 4 is 22.5 Å². The maximum Gasteiger partial charge on any atom is 0.134 e. The molecule has 8 aromatic rings. The van der Waals surface area contributed by atoms with Crippen LogP contribution in [-0.2, 0) is 0 Å². The van der Waals surface area contributed by atoms with Crippen LogP contribution in [0.1, 0.15) is 0 Å². The number of fused-ring (bicyclic) bond motifs is 2. The highest BCUT2D eigenvalue weighted by molar-refractivity contribution is 7.99. The average molecular weight is 605 g/mol. The average Bonchev–Trinajstić information content (AvgIpc) is 3.63. The second kappa shape index (κ2) is 11.1. The normalized spacial score (nSPS) is 11.8. The van der Waals surface area contributed by atoms with Gasteiger partial charge in [0.15, 0.2) is 0 Å². The van der Waals surface area contributed by atoms with Gasteiger partial charge in [0.05, 0.1) is 0 Å². The summed E-state index contributed by atoms with van der Waals surface area (Å²) in [6, 6.07) is 60.8. The molecule has 7 aromatic carbocycles. The minimum atomic E-state index is 0.866. The van der Waals surface area contributed by atoms with Crippen molar-refractivity contribution in [3.63, 3.8) is 0 Å². The van der Waals surface area contributed by atoms with Crippen molar-refractivity contribution in [1.82, 2.24) is 0 Å². The lowest BCUT2D eigenvalue weighted by Crippen LogP contribution is -1.93. The van der Waals surface area contributed by atoms with Crippen LogP contribution in [0.25, 0.3) is 77.9 Å². The quantitative estimate of drug-likeness (QED) is 0.194. The fourth-order valence-corrected chi connectivity index (χ4v) is 7.77. The van der Waals surface area contributed by atoms with E-state index in [0.29, 0.717) is 0 Å². The summed E-state index contributed by atoms with van der Waals surface area (Å²) in [7, 11) is 0. The second-order valence-electron chi connectivity index (χ2n) is 11.7. The summed E-state index contributed by atoms with van der Waals surface area (Å²) in [4.78, 5) is 2.60. The molecular formula is C44H28OS. The molecule has 0 spiro atoms. The van der Waals surface area contributed by atoms with Crippen molar-refractivity contribution in [1.29, 1.82) is 0 Å². The van der Waals surface area contributed by atoms with E-state index in [1.54, 1.807) is 0 Å². The summed E-state index contributed by atoms with van der Waals surface area (Å²) < 4.78 is 6.47. The highest BCUT2D eigenvalue weighted by atomic mass is 32.2. The summed E-state index contributed by atoms with van der Waals surface area (Å²) in [6.45, 7) is 0. The topological polar surface area (TPSA) is 13.1 Å². The lowest BCUT2D eigenvalue weighted by Gasteiger charge is -2.20. The zero-order valence-electron chi connectivity index (χ0n) is 25.0. The Labute approximate surface area is 272 Å². The van der Waals surface area contributed by atoms with Gasteiger partial charge >= 0.3 is 0 Å². The largest absolute Gasteiger partial charge is 0.456 e. The molecule has 0 saturated carbocycles. The third-order valence-electron chi connectivity index (χ3n) is 8.94.